The van der Waals surface area contributed by atoms with Gasteiger partial charge in [0.2, 0.25) is 5.95 Å². The first-order chi connectivity index (χ1) is 5.95. The molecule has 1 heterocycles. The molecular weight excluding hydrogens is 152 g/mol. The largest absolute Gasteiger partial charge is 0.352 e. The molecule has 1 fully saturated rings. The molecule has 1 aliphatic carbocycles. The van der Waals surface area contributed by atoms with E-state index < -0.39 is 0 Å². The van der Waals surface area contributed by atoms with Crippen LogP contribution in [0.15, 0.2) is 6.33 Å². The minimum atomic E-state index is 0.603. The molecule has 66 valence electrons. The number of anilines is 1. The molecule has 2 N–H and O–H groups in total. The van der Waals surface area contributed by atoms with Crippen LogP contribution in [0.2, 0.25) is 0 Å². The van der Waals surface area contributed by atoms with Crippen molar-refractivity contribution in [1.29, 1.82) is 0 Å². The summed E-state index contributed by atoms with van der Waals surface area (Å²) >= 11 is 0. The van der Waals surface area contributed by atoms with E-state index >= 15 is 0 Å². The van der Waals surface area contributed by atoms with Crippen molar-refractivity contribution in [1.82, 2.24) is 15.2 Å². The first kappa shape index (κ1) is 7.58. The zero-order chi connectivity index (χ0) is 8.23. The predicted octanol–water partition coefficient (Wildman–Crippen LogP) is 1.55. The second-order valence-corrected chi connectivity index (χ2v) is 3.31. The number of H-pyrrole nitrogens is 1. The third-order valence-electron chi connectivity index (χ3n) is 2.36. The van der Waals surface area contributed by atoms with Gasteiger partial charge in [0.05, 0.1) is 0 Å². The maximum absolute atomic E-state index is 4.03. The van der Waals surface area contributed by atoms with Gasteiger partial charge in [0.25, 0.3) is 0 Å². The van der Waals surface area contributed by atoms with Crippen LogP contribution in [0.3, 0.4) is 0 Å². The molecule has 0 radical (unpaired) electrons. The summed E-state index contributed by atoms with van der Waals surface area (Å²) in [7, 11) is 0. The molecule has 0 aromatic carbocycles. The monoisotopic (exact) mass is 166 g/mol. The minimum Gasteiger partial charge on any atom is -0.352 e. The van der Waals surface area contributed by atoms with Crippen molar-refractivity contribution in [3.63, 3.8) is 0 Å². The number of nitrogens with one attached hydrogen (secondary N) is 2. The highest BCUT2D eigenvalue weighted by atomic mass is 15.3. The molecular formula is C8H14N4. The molecule has 4 heteroatoms. The van der Waals surface area contributed by atoms with Gasteiger partial charge in [-0.05, 0) is 12.8 Å². The Morgan fingerprint density at radius 2 is 2.17 bits per heavy atom. The fourth-order valence-electron chi connectivity index (χ4n) is 1.72. The second kappa shape index (κ2) is 3.56. The van der Waals surface area contributed by atoms with E-state index in [4.69, 9.17) is 0 Å². The van der Waals surface area contributed by atoms with Crippen molar-refractivity contribution in [3.05, 3.63) is 6.33 Å². The Kier molecular flexibility index (Phi) is 2.25. The Morgan fingerprint density at radius 1 is 1.33 bits per heavy atom. The first-order valence-corrected chi connectivity index (χ1v) is 4.57. The van der Waals surface area contributed by atoms with Crippen LogP contribution in [0.1, 0.15) is 32.1 Å². The van der Waals surface area contributed by atoms with Gasteiger partial charge in [-0.1, -0.05) is 19.3 Å². The summed E-state index contributed by atoms with van der Waals surface area (Å²) in [5.41, 5.74) is 0. The van der Waals surface area contributed by atoms with Crippen LogP contribution in [0, 0.1) is 0 Å². The maximum Gasteiger partial charge on any atom is 0.218 e. The Morgan fingerprint density at radius 3 is 2.83 bits per heavy atom. The van der Waals surface area contributed by atoms with Crippen LogP contribution >= 0.6 is 0 Å². The molecule has 0 amide bonds. The zero-order valence-corrected chi connectivity index (χ0v) is 7.08. The van der Waals surface area contributed by atoms with Crippen LogP contribution in [-0.4, -0.2) is 21.2 Å². The summed E-state index contributed by atoms with van der Waals surface area (Å²) in [5.74, 6) is 0.807. The minimum absolute atomic E-state index is 0.603. The molecule has 0 atom stereocenters. The molecule has 0 bridgehead atoms. The Hall–Kier alpha value is -1.06. The van der Waals surface area contributed by atoms with Gasteiger partial charge in [0, 0.05) is 6.04 Å². The van der Waals surface area contributed by atoms with Crippen LogP contribution < -0.4 is 5.32 Å². The van der Waals surface area contributed by atoms with Gasteiger partial charge in [0.1, 0.15) is 6.33 Å². The quantitative estimate of drug-likeness (QED) is 0.700. The molecule has 12 heavy (non-hydrogen) atoms. The van der Waals surface area contributed by atoms with Crippen molar-refractivity contribution in [2.45, 2.75) is 38.1 Å². The number of hydrogen-bond acceptors (Lipinski definition) is 3. The van der Waals surface area contributed by atoms with Gasteiger partial charge in [-0.15, -0.1) is 0 Å². The van der Waals surface area contributed by atoms with Gasteiger partial charge in [-0.25, -0.2) is 10.1 Å². The molecule has 0 aliphatic heterocycles. The average Bonchev–Trinajstić information content (AvgIpc) is 2.59. The van der Waals surface area contributed by atoms with Crippen molar-refractivity contribution in [2.75, 3.05) is 5.32 Å². The number of rotatable bonds is 2. The summed E-state index contributed by atoms with van der Waals surface area (Å²) in [6, 6.07) is 0.603. The molecule has 1 aliphatic rings. The van der Waals surface area contributed by atoms with Crippen molar-refractivity contribution < 1.29 is 0 Å². The molecule has 0 saturated heterocycles. The molecule has 1 aromatic rings. The lowest BCUT2D eigenvalue weighted by atomic mass is 9.96. The average molecular weight is 166 g/mol. The summed E-state index contributed by atoms with van der Waals surface area (Å²) in [6.45, 7) is 0. The smallest absolute Gasteiger partial charge is 0.218 e. The summed E-state index contributed by atoms with van der Waals surface area (Å²) in [5, 5.41) is 9.93. The lowest BCUT2D eigenvalue weighted by molar-refractivity contribution is 0.461. The lowest BCUT2D eigenvalue weighted by Gasteiger charge is -2.21. The van der Waals surface area contributed by atoms with Crippen LogP contribution in [-0.2, 0) is 0 Å². The van der Waals surface area contributed by atoms with E-state index in [1.807, 2.05) is 0 Å². The third-order valence-corrected chi connectivity index (χ3v) is 2.36. The first-order valence-electron chi connectivity index (χ1n) is 4.57. The SMILES string of the molecule is c1n[nH]c(NC2CCCCC2)n1. The van der Waals surface area contributed by atoms with E-state index in [0.29, 0.717) is 6.04 Å². The Balaban J connectivity index is 1.86. The molecule has 0 spiro atoms. The van der Waals surface area contributed by atoms with Crippen molar-refractivity contribution in [3.8, 4) is 0 Å². The third kappa shape index (κ3) is 1.75. The number of hydrogen-bond donors (Lipinski definition) is 2. The fraction of sp³-hybridized carbons (Fsp3) is 0.750. The highest BCUT2D eigenvalue weighted by Gasteiger charge is 2.13. The zero-order valence-electron chi connectivity index (χ0n) is 7.08. The highest BCUT2D eigenvalue weighted by molar-refractivity contribution is 5.22. The summed E-state index contributed by atoms with van der Waals surface area (Å²) < 4.78 is 0. The van der Waals surface area contributed by atoms with Gasteiger partial charge < -0.3 is 5.32 Å². The molecule has 1 saturated carbocycles. The highest BCUT2D eigenvalue weighted by Crippen LogP contribution is 2.19. The predicted molar refractivity (Wildman–Crippen MR) is 46.9 cm³/mol. The van der Waals surface area contributed by atoms with Gasteiger partial charge in [-0.3, -0.25) is 0 Å². The number of aromatic nitrogens is 3. The van der Waals surface area contributed by atoms with E-state index in [9.17, 15) is 0 Å². The molecule has 2 rings (SSSR count). The summed E-state index contributed by atoms with van der Waals surface area (Å²) in [6.07, 6.45) is 8.12. The topological polar surface area (TPSA) is 53.6 Å². The van der Waals surface area contributed by atoms with Gasteiger partial charge in [0.15, 0.2) is 0 Å². The second-order valence-electron chi connectivity index (χ2n) is 3.31. The van der Waals surface area contributed by atoms with Crippen LogP contribution in [0.25, 0.3) is 0 Å². The number of aromatic amines is 1. The van der Waals surface area contributed by atoms with Gasteiger partial charge >= 0.3 is 0 Å². The van der Waals surface area contributed by atoms with E-state index in [2.05, 4.69) is 20.5 Å². The normalized spacial score (nSPS) is 19.3. The van der Waals surface area contributed by atoms with E-state index in [-0.39, 0.29) is 0 Å². The van der Waals surface area contributed by atoms with E-state index in [1.54, 1.807) is 0 Å². The fourth-order valence-corrected chi connectivity index (χ4v) is 1.72. The number of nitrogens with zero attached hydrogens (tertiary/aromatic N) is 2. The molecule has 1 aromatic heterocycles. The Bertz CT molecular complexity index is 213. The van der Waals surface area contributed by atoms with Crippen molar-refractivity contribution >= 4 is 5.95 Å². The van der Waals surface area contributed by atoms with Crippen LogP contribution in [0.5, 0.6) is 0 Å². The van der Waals surface area contributed by atoms with Crippen LogP contribution in [0.4, 0.5) is 5.95 Å². The van der Waals surface area contributed by atoms with Crippen molar-refractivity contribution in [2.24, 2.45) is 0 Å². The molecule has 0 unspecified atom stereocenters. The lowest BCUT2D eigenvalue weighted by Crippen LogP contribution is -2.22. The standard InChI is InChI=1S/C8H14N4/c1-2-4-7(5-3-1)11-8-9-6-10-12-8/h6-7H,1-5H2,(H2,9,10,11,12). The van der Waals surface area contributed by atoms with E-state index in [0.717, 1.165) is 5.95 Å². The van der Waals surface area contributed by atoms with E-state index in [1.165, 1.54) is 38.4 Å². The summed E-state index contributed by atoms with van der Waals surface area (Å²) in [4.78, 5) is 4.03. The molecule has 4 nitrogen and oxygen atoms in total. The maximum atomic E-state index is 4.03. The Labute approximate surface area is 71.8 Å². The van der Waals surface area contributed by atoms with Gasteiger partial charge in [-0.2, -0.15) is 5.10 Å².